The second kappa shape index (κ2) is 7.16. The maximum atomic E-state index is 6.20. The molecule has 21 heavy (non-hydrogen) atoms. The van der Waals surface area contributed by atoms with Gasteiger partial charge in [0.25, 0.3) is 0 Å². The Bertz CT molecular complexity index is 634. The van der Waals surface area contributed by atoms with Crippen molar-refractivity contribution in [3.63, 3.8) is 0 Å². The van der Waals surface area contributed by atoms with Crippen LogP contribution < -0.4 is 14.8 Å². The molecular weight excluding hydrogens is 354 g/mol. The van der Waals surface area contributed by atoms with Crippen LogP contribution in [0.5, 0.6) is 11.5 Å². The fourth-order valence-corrected chi connectivity index (χ4v) is 2.69. The Labute approximate surface area is 138 Å². The van der Waals surface area contributed by atoms with Crippen molar-refractivity contribution in [3.05, 3.63) is 57.0 Å². The van der Waals surface area contributed by atoms with Gasteiger partial charge in [-0.25, -0.2) is 0 Å². The van der Waals surface area contributed by atoms with Crippen molar-refractivity contribution in [2.24, 2.45) is 0 Å². The van der Waals surface area contributed by atoms with Crippen molar-refractivity contribution in [1.29, 1.82) is 0 Å². The molecule has 0 amide bonds. The quantitative estimate of drug-likeness (QED) is 0.844. The molecule has 1 unspecified atom stereocenters. The highest BCUT2D eigenvalue weighted by molar-refractivity contribution is 9.10. The van der Waals surface area contributed by atoms with E-state index in [9.17, 15) is 0 Å². The van der Waals surface area contributed by atoms with Gasteiger partial charge in [-0.15, -0.1) is 0 Å². The zero-order chi connectivity index (χ0) is 15.4. The third-order valence-electron chi connectivity index (χ3n) is 3.32. The van der Waals surface area contributed by atoms with E-state index in [1.54, 1.807) is 14.2 Å². The van der Waals surface area contributed by atoms with Crippen LogP contribution in [0.4, 0.5) is 0 Å². The lowest BCUT2D eigenvalue weighted by atomic mass is 9.98. The lowest BCUT2D eigenvalue weighted by Gasteiger charge is -2.21. The number of hydrogen-bond acceptors (Lipinski definition) is 3. The minimum absolute atomic E-state index is 0.0172. The topological polar surface area (TPSA) is 30.5 Å². The molecule has 0 aliphatic rings. The summed E-state index contributed by atoms with van der Waals surface area (Å²) in [6.45, 7) is 0. The molecule has 0 radical (unpaired) electrons. The number of hydrogen-bond donors (Lipinski definition) is 1. The Morgan fingerprint density at radius 2 is 1.86 bits per heavy atom. The number of methoxy groups -OCH3 is 2. The zero-order valence-corrected chi connectivity index (χ0v) is 14.5. The monoisotopic (exact) mass is 369 g/mol. The predicted octanol–water partition coefficient (Wildman–Crippen LogP) is 4.43. The lowest BCUT2D eigenvalue weighted by molar-refractivity contribution is 0.388. The van der Waals surface area contributed by atoms with Gasteiger partial charge in [-0.1, -0.05) is 17.7 Å². The van der Waals surface area contributed by atoms with Crippen LogP contribution in [-0.2, 0) is 0 Å². The third-order valence-corrected chi connectivity index (χ3v) is 4.55. The molecular formula is C16H17BrClNO2. The molecule has 2 aromatic carbocycles. The van der Waals surface area contributed by atoms with Gasteiger partial charge in [-0.2, -0.15) is 0 Å². The van der Waals surface area contributed by atoms with E-state index >= 15 is 0 Å². The average molecular weight is 371 g/mol. The summed E-state index contributed by atoms with van der Waals surface area (Å²) in [6.07, 6.45) is 0. The van der Waals surface area contributed by atoms with Gasteiger partial charge in [0.2, 0.25) is 0 Å². The van der Waals surface area contributed by atoms with Crippen molar-refractivity contribution < 1.29 is 9.47 Å². The van der Waals surface area contributed by atoms with Gasteiger partial charge in [-0.3, -0.25) is 0 Å². The molecule has 3 nitrogen and oxygen atoms in total. The standard InChI is InChI=1S/C16H17BrClNO2/c1-19-16(10-4-7-13(17)14(18)8-10)12-6-5-11(20-2)9-15(12)21-3/h4-9,16,19H,1-3H3. The van der Waals surface area contributed by atoms with Crippen LogP contribution in [0.2, 0.25) is 5.02 Å². The highest BCUT2D eigenvalue weighted by Gasteiger charge is 2.18. The van der Waals surface area contributed by atoms with Crippen LogP contribution in [0.1, 0.15) is 17.2 Å². The summed E-state index contributed by atoms with van der Waals surface area (Å²) >= 11 is 9.61. The molecule has 0 saturated carbocycles. The highest BCUT2D eigenvalue weighted by Crippen LogP contribution is 2.34. The van der Waals surface area contributed by atoms with Crippen LogP contribution in [0.3, 0.4) is 0 Å². The summed E-state index contributed by atoms with van der Waals surface area (Å²) in [6, 6.07) is 11.7. The first-order chi connectivity index (χ1) is 10.1. The molecule has 0 spiro atoms. The zero-order valence-electron chi connectivity index (χ0n) is 12.1. The Hall–Kier alpha value is -1.23. The fraction of sp³-hybridized carbons (Fsp3) is 0.250. The normalized spacial score (nSPS) is 12.0. The SMILES string of the molecule is CNC(c1ccc(Br)c(Cl)c1)c1ccc(OC)cc1OC. The smallest absolute Gasteiger partial charge is 0.127 e. The molecule has 0 heterocycles. The van der Waals surface area contributed by atoms with Crippen LogP contribution >= 0.6 is 27.5 Å². The predicted molar refractivity (Wildman–Crippen MR) is 89.6 cm³/mol. The number of ether oxygens (including phenoxy) is 2. The molecule has 0 fully saturated rings. The van der Waals surface area contributed by atoms with E-state index in [4.69, 9.17) is 21.1 Å². The molecule has 1 atom stereocenters. The van der Waals surface area contributed by atoms with Gasteiger partial charge < -0.3 is 14.8 Å². The van der Waals surface area contributed by atoms with Crippen LogP contribution in [0.15, 0.2) is 40.9 Å². The molecule has 5 heteroatoms. The van der Waals surface area contributed by atoms with E-state index in [1.165, 1.54) is 0 Å². The minimum Gasteiger partial charge on any atom is -0.497 e. The van der Waals surface area contributed by atoms with Gasteiger partial charge in [0.05, 0.1) is 25.3 Å². The Kier molecular flexibility index (Phi) is 5.51. The lowest BCUT2D eigenvalue weighted by Crippen LogP contribution is -2.18. The summed E-state index contributed by atoms with van der Waals surface area (Å²) in [4.78, 5) is 0. The van der Waals surface area contributed by atoms with Gasteiger partial charge >= 0.3 is 0 Å². The first-order valence-electron chi connectivity index (χ1n) is 6.44. The molecule has 0 aliphatic carbocycles. The molecule has 0 aromatic heterocycles. The number of nitrogens with one attached hydrogen (secondary N) is 1. The first-order valence-corrected chi connectivity index (χ1v) is 7.62. The number of halogens is 2. The summed E-state index contributed by atoms with van der Waals surface area (Å²) in [5.74, 6) is 1.53. The van der Waals surface area contributed by atoms with E-state index in [1.807, 2.05) is 43.4 Å². The summed E-state index contributed by atoms with van der Waals surface area (Å²) < 4.78 is 11.6. The number of rotatable bonds is 5. The second-order valence-electron chi connectivity index (χ2n) is 4.50. The van der Waals surface area contributed by atoms with Gasteiger partial charge in [-0.05, 0) is 52.8 Å². The number of benzene rings is 2. The van der Waals surface area contributed by atoms with Crippen molar-refractivity contribution in [1.82, 2.24) is 5.32 Å². The highest BCUT2D eigenvalue weighted by atomic mass is 79.9. The average Bonchev–Trinajstić information content (AvgIpc) is 2.51. The van der Waals surface area contributed by atoms with E-state index in [0.29, 0.717) is 5.02 Å². The molecule has 112 valence electrons. The van der Waals surface area contributed by atoms with Gasteiger partial charge in [0.1, 0.15) is 11.5 Å². The Morgan fingerprint density at radius 1 is 1.10 bits per heavy atom. The van der Waals surface area contributed by atoms with E-state index in [-0.39, 0.29) is 6.04 Å². The maximum Gasteiger partial charge on any atom is 0.127 e. The van der Waals surface area contributed by atoms with Gasteiger partial charge in [0.15, 0.2) is 0 Å². The largest absolute Gasteiger partial charge is 0.497 e. The second-order valence-corrected chi connectivity index (χ2v) is 5.76. The van der Waals surface area contributed by atoms with Crippen LogP contribution in [0.25, 0.3) is 0 Å². The molecule has 2 rings (SSSR count). The third kappa shape index (κ3) is 3.51. The van der Waals surface area contributed by atoms with Gasteiger partial charge in [0, 0.05) is 16.1 Å². The van der Waals surface area contributed by atoms with Crippen molar-refractivity contribution in [3.8, 4) is 11.5 Å². The maximum absolute atomic E-state index is 6.20. The summed E-state index contributed by atoms with van der Waals surface area (Å²) in [5.41, 5.74) is 2.09. The van der Waals surface area contributed by atoms with Crippen molar-refractivity contribution in [2.75, 3.05) is 21.3 Å². The molecule has 0 saturated heterocycles. The molecule has 1 N–H and O–H groups in total. The fourth-order valence-electron chi connectivity index (χ4n) is 2.25. The van der Waals surface area contributed by atoms with Crippen molar-refractivity contribution >= 4 is 27.5 Å². The van der Waals surface area contributed by atoms with E-state index < -0.39 is 0 Å². The minimum atomic E-state index is -0.0172. The first kappa shape index (κ1) is 16.1. The van der Waals surface area contributed by atoms with Crippen molar-refractivity contribution in [2.45, 2.75) is 6.04 Å². The van der Waals surface area contributed by atoms with Crippen LogP contribution in [0, 0.1) is 0 Å². The summed E-state index contributed by atoms with van der Waals surface area (Å²) in [5, 5.41) is 3.98. The van der Waals surface area contributed by atoms with E-state index in [2.05, 4.69) is 21.2 Å². The van der Waals surface area contributed by atoms with E-state index in [0.717, 1.165) is 27.1 Å². The van der Waals surface area contributed by atoms with Crippen LogP contribution in [-0.4, -0.2) is 21.3 Å². The molecule has 2 aromatic rings. The molecule has 0 bridgehead atoms. The molecule has 0 aliphatic heterocycles. The Morgan fingerprint density at radius 3 is 2.43 bits per heavy atom. The summed E-state index contributed by atoms with van der Waals surface area (Å²) in [7, 11) is 5.20. The Balaban J connectivity index is 2.47.